The molecule has 0 radical (unpaired) electrons. The van der Waals surface area contributed by atoms with Crippen molar-refractivity contribution >= 4 is 41.1 Å². The number of rotatable bonds is 12. The van der Waals surface area contributed by atoms with Crippen molar-refractivity contribution in [3.63, 3.8) is 0 Å². The van der Waals surface area contributed by atoms with Crippen molar-refractivity contribution in [2.75, 3.05) is 6.61 Å². The van der Waals surface area contributed by atoms with Gasteiger partial charge in [0.1, 0.15) is 31.0 Å². The molecule has 3 amide bonds. The molecule has 63 heavy (non-hydrogen) atoms. The molecule has 11 nitrogen and oxygen atoms in total. The number of benzene rings is 5. The van der Waals surface area contributed by atoms with E-state index in [1.54, 1.807) is 12.3 Å². The fourth-order valence-corrected chi connectivity index (χ4v) is 8.31. The number of hydrogen-bond acceptors (Lipinski definition) is 7. The van der Waals surface area contributed by atoms with Gasteiger partial charge in [0, 0.05) is 36.8 Å². The molecule has 322 valence electrons. The smallest absolute Gasteiger partial charge is 0.326 e. The monoisotopic (exact) mass is 884 g/mol. The topological polar surface area (TPSA) is 139 Å². The lowest BCUT2D eigenvalue weighted by atomic mass is 9.92. The average Bonchev–Trinajstić information content (AvgIpc) is 3.29. The molecule has 3 N–H and O–H groups in total. The van der Waals surface area contributed by atoms with Crippen molar-refractivity contribution in [1.29, 1.82) is 0 Å². The summed E-state index contributed by atoms with van der Waals surface area (Å²) in [7, 11) is 0. The standard InChI is InChI=1S/C50H46Cl2N4O7/c1-29-30(2)53-21-20-40(29)34-14-12-32(13-15-34)22-42(49(58)59)55-48(57)43-23-37-24-44-45(25-38(37)26-56(43)50(60)54-31(3)33-8-5-4-6-9-33)63-46(28-62-44)35-16-18-39(19-17-35)61-27-36-10-7-11-41(51)47(36)52/h4-21,24-25,31,42-43,46H,22-23,26-28H2,1-3H3,(H,54,60)(H,55,57)(H,58,59). The molecule has 0 fully saturated rings. The molecule has 13 heteroatoms. The molecule has 8 rings (SSSR count). The second kappa shape index (κ2) is 18.8. The van der Waals surface area contributed by atoms with Crippen LogP contribution < -0.4 is 24.8 Å². The van der Waals surface area contributed by atoms with E-state index in [4.69, 9.17) is 37.4 Å². The second-order valence-corrected chi connectivity index (χ2v) is 16.6. The fraction of sp³-hybridized carbons (Fsp3) is 0.240. The summed E-state index contributed by atoms with van der Waals surface area (Å²) in [6.45, 7) is 6.41. The number of carboxylic acid groups (broad SMARTS) is 1. The van der Waals surface area contributed by atoms with Gasteiger partial charge in [-0.15, -0.1) is 0 Å². The predicted molar refractivity (Wildman–Crippen MR) is 241 cm³/mol. The summed E-state index contributed by atoms with van der Waals surface area (Å²) in [4.78, 5) is 46.9. The number of nitrogens with one attached hydrogen (secondary N) is 2. The minimum Gasteiger partial charge on any atom is -0.489 e. The Morgan fingerprint density at radius 1 is 0.889 bits per heavy atom. The molecule has 3 heterocycles. The van der Waals surface area contributed by atoms with Gasteiger partial charge in [0.15, 0.2) is 17.6 Å². The Bertz CT molecular complexity index is 2640. The quantitative estimate of drug-likeness (QED) is 0.110. The van der Waals surface area contributed by atoms with Crippen LogP contribution in [-0.4, -0.2) is 51.6 Å². The normalized spacial score (nSPS) is 16.3. The lowest BCUT2D eigenvalue weighted by molar-refractivity contribution is -0.142. The number of carbonyl (C=O) groups excluding carboxylic acids is 2. The van der Waals surface area contributed by atoms with Gasteiger partial charge in [-0.1, -0.05) is 102 Å². The molecule has 0 saturated carbocycles. The van der Waals surface area contributed by atoms with Gasteiger partial charge in [-0.25, -0.2) is 9.59 Å². The molecule has 4 atom stereocenters. The van der Waals surface area contributed by atoms with Crippen LogP contribution in [0.15, 0.2) is 121 Å². The van der Waals surface area contributed by atoms with Gasteiger partial charge in [0.05, 0.1) is 16.1 Å². The van der Waals surface area contributed by atoms with Crippen molar-refractivity contribution in [3.8, 4) is 28.4 Å². The number of aromatic nitrogens is 1. The van der Waals surface area contributed by atoms with E-state index in [1.807, 2.05) is 130 Å². The molecule has 4 unspecified atom stereocenters. The number of pyridine rings is 1. The molecule has 5 aromatic carbocycles. The first-order valence-electron chi connectivity index (χ1n) is 20.7. The van der Waals surface area contributed by atoms with Crippen LogP contribution in [0.1, 0.15) is 63.7 Å². The number of amides is 3. The number of ether oxygens (including phenoxy) is 3. The van der Waals surface area contributed by atoms with Crippen LogP contribution in [0.2, 0.25) is 10.0 Å². The summed E-state index contributed by atoms with van der Waals surface area (Å²) in [6.07, 6.45) is 1.52. The van der Waals surface area contributed by atoms with Crippen LogP contribution >= 0.6 is 23.2 Å². The zero-order valence-electron chi connectivity index (χ0n) is 34.9. The van der Waals surface area contributed by atoms with Gasteiger partial charge in [0.2, 0.25) is 5.91 Å². The Morgan fingerprint density at radius 2 is 1.63 bits per heavy atom. The van der Waals surface area contributed by atoms with Gasteiger partial charge in [-0.3, -0.25) is 9.78 Å². The lowest BCUT2D eigenvalue weighted by Gasteiger charge is -2.38. The predicted octanol–water partition coefficient (Wildman–Crippen LogP) is 9.77. The van der Waals surface area contributed by atoms with Crippen molar-refractivity contribution < 1.29 is 33.7 Å². The lowest BCUT2D eigenvalue weighted by Crippen LogP contribution is -2.57. The number of fused-ring (bicyclic) bond motifs is 2. The van der Waals surface area contributed by atoms with E-state index >= 15 is 0 Å². The van der Waals surface area contributed by atoms with Crippen molar-refractivity contribution in [2.24, 2.45) is 0 Å². The maximum Gasteiger partial charge on any atom is 0.326 e. The Balaban J connectivity index is 0.990. The average molecular weight is 886 g/mol. The summed E-state index contributed by atoms with van der Waals surface area (Å²) < 4.78 is 18.7. The van der Waals surface area contributed by atoms with Gasteiger partial charge < -0.3 is 34.9 Å². The van der Waals surface area contributed by atoms with E-state index in [1.165, 1.54) is 4.90 Å². The van der Waals surface area contributed by atoms with Gasteiger partial charge in [-0.05, 0) is 102 Å². The molecule has 0 bridgehead atoms. The molecular formula is C50H46Cl2N4O7. The minimum atomic E-state index is -1.25. The van der Waals surface area contributed by atoms with Crippen LogP contribution in [-0.2, 0) is 35.6 Å². The number of aliphatic carboxylic acids is 1. The summed E-state index contributed by atoms with van der Waals surface area (Å²) >= 11 is 12.5. The Labute approximate surface area is 375 Å². The van der Waals surface area contributed by atoms with Crippen LogP contribution in [0.5, 0.6) is 17.2 Å². The van der Waals surface area contributed by atoms with Gasteiger partial charge >= 0.3 is 12.0 Å². The van der Waals surface area contributed by atoms with Crippen molar-refractivity contribution in [1.82, 2.24) is 20.5 Å². The number of carbonyl (C=O) groups is 3. The molecule has 6 aromatic rings. The Kier molecular flexibility index (Phi) is 12.9. The molecule has 0 aliphatic carbocycles. The minimum absolute atomic E-state index is 0.0454. The fourth-order valence-electron chi connectivity index (χ4n) is 7.93. The van der Waals surface area contributed by atoms with Gasteiger partial charge in [0.25, 0.3) is 0 Å². The number of hydrogen-bond donors (Lipinski definition) is 3. The van der Waals surface area contributed by atoms with E-state index in [0.717, 1.165) is 55.8 Å². The van der Waals surface area contributed by atoms with Crippen molar-refractivity contribution in [2.45, 2.75) is 71.0 Å². The summed E-state index contributed by atoms with van der Waals surface area (Å²) in [5.74, 6) is -0.0880. The van der Waals surface area contributed by atoms with E-state index in [-0.39, 0.29) is 38.6 Å². The highest BCUT2D eigenvalue weighted by Crippen LogP contribution is 2.41. The van der Waals surface area contributed by atoms with E-state index in [2.05, 4.69) is 15.6 Å². The van der Waals surface area contributed by atoms with Gasteiger partial charge in [-0.2, -0.15) is 0 Å². The maximum atomic E-state index is 14.3. The number of halogens is 2. The Morgan fingerprint density at radius 3 is 2.38 bits per heavy atom. The first-order valence-corrected chi connectivity index (χ1v) is 21.4. The molecule has 2 aliphatic rings. The number of nitrogens with zero attached hydrogens (tertiary/aromatic N) is 2. The van der Waals surface area contributed by atoms with Crippen LogP contribution in [0.4, 0.5) is 4.79 Å². The first-order chi connectivity index (χ1) is 30.4. The summed E-state index contributed by atoms with van der Waals surface area (Å²) in [5, 5.41) is 17.1. The molecule has 1 aromatic heterocycles. The van der Waals surface area contributed by atoms with Crippen LogP contribution in [0, 0.1) is 13.8 Å². The second-order valence-electron chi connectivity index (χ2n) is 15.9. The molecule has 0 spiro atoms. The van der Waals surface area contributed by atoms with Crippen LogP contribution in [0.3, 0.4) is 0 Å². The highest BCUT2D eigenvalue weighted by Gasteiger charge is 2.38. The number of urea groups is 1. The zero-order valence-corrected chi connectivity index (χ0v) is 36.5. The van der Waals surface area contributed by atoms with Crippen LogP contribution in [0.25, 0.3) is 11.1 Å². The largest absolute Gasteiger partial charge is 0.489 e. The summed E-state index contributed by atoms with van der Waals surface area (Å²) in [5.41, 5.74) is 8.88. The first kappa shape index (κ1) is 43.1. The zero-order chi connectivity index (χ0) is 44.2. The SMILES string of the molecule is Cc1nccc(-c2ccc(CC(NC(=O)C3Cc4cc5c(cc4CN3C(=O)NC(C)c3ccccc3)OC(c3ccc(OCc4cccc(Cl)c4Cl)cc3)CO5)C(=O)O)cc2)c1C. The van der Waals surface area contributed by atoms with E-state index < -0.39 is 36.1 Å². The number of carboxylic acids is 1. The third-order valence-corrected chi connectivity index (χ3v) is 12.6. The molecule has 0 saturated heterocycles. The van der Waals surface area contributed by atoms with Crippen molar-refractivity contribution in [3.05, 3.63) is 176 Å². The highest BCUT2D eigenvalue weighted by atomic mass is 35.5. The molecular weight excluding hydrogens is 839 g/mol. The molecule has 2 aliphatic heterocycles. The third-order valence-electron chi connectivity index (χ3n) is 11.7. The summed E-state index contributed by atoms with van der Waals surface area (Å²) in [6, 6.07) is 32.7. The van der Waals surface area contributed by atoms with E-state index in [9.17, 15) is 19.5 Å². The number of aryl methyl sites for hydroxylation is 1. The third kappa shape index (κ3) is 9.75. The van der Waals surface area contributed by atoms with E-state index in [0.29, 0.717) is 27.3 Å². The Hall–Kier alpha value is -6.56. The maximum absolute atomic E-state index is 14.3. The highest BCUT2D eigenvalue weighted by molar-refractivity contribution is 6.42.